The van der Waals surface area contributed by atoms with Crippen molar-refractivity contribution in [2.45, 2.75) is 33.7 Å². The predicted octanol–water partition coefficient (Wildman–Crippen LogP) is 3.20. The van der Waals surface area contributed by atoms with Gasteiger partial charge in [-0.15, -0.1) is 0 Å². The molecule has 0 saturated carbocycles. The third kappa shape index (κ3) is 6.12. The van der Waals surface area contributed by atoms with Crippen molar-refractivity contribution in [3.8, 4) is 0 Å². The fourth-order valence-corrected chi connectivity index (χ4v) is 2.63. The molecule has 0 heterocycles. The molecular formula is C21H26N4O3. The topological polar surface area (TPSA) is 99.3 Å². The number of urea groups is 1. The molecule has 28 heavy (non-hydrogen) atoms. The molecule has 0 aliphatic rings. The van der Waals surface area contributed by atoms with E-state index in [-0.39, 0.29) is 24.5 Å². The molecule has 2 rings (SSSR count). The zero-order valence-electron chi connectivity index (χ0n) is 16.6. The van der Waals surface area contributed by atoms with Gasteiger partial charge in [-0.1, -0.05) is 24.3 Å². The summed E-state index contributed by atoms with van der Waals surface area (Å²) in [7, 11) is 0. The van der Waals surface area contributed by atoms with Gasteiger partial charge >= 0.3 is 6.03 Å². The van der Waals surface area contributed by atoms with E-state index >= 15 is 0 Å². The Labute approximate surface area is 164 Å². The average Bonchev–Trinajstić information content (AvgIpc) is 2.62. The lowest BCUT2D eigenvalue weighted by molar-refractivity contribution is -0.115. The smallest absolute Gasteiger partial charge is 0.319 e. The van der Waals surface area contributed by atoms with Crippen molar-refractivity contribution in [3.63, 3.8) is 0 Å². The van der Waals surface area contributed by atoms with E-state index in [9.17, 15) is 14.4 Å². The largest absolute Gasteiger partial charge is 0.343 e. The second-order valence-electron chi connectivity index (χ2n) is 6.83. The highest BCUT2D eigenvalue weighted by atomic mass is 16.2. The van der Waals surface area contributed by atoms with Crippen molar-refractivity contribution in [1.82, 2.24) is 10.6 Å². The lowest BCUT2D eigenvalue weighted by Crippen LogP contribution is -2.34. The highest BCUT2D eigenvalue weighted by Gasteiger charge is 2.11. The van der Waals surface area contributed by atoms with Gasteiger partial charge in [-0.05, 0) is 57.0 Å². The van der Waals surface area contributed by atoms with E-state index in [1.807, 2.05) is 45.9 Å². The summed E-state index contributed by atoms with van der Waals surface area (Å²) in [6, 6.07) is 11.9. The molecule has 0 aliphatic carbocycles. The lowest BCUT2D eigenvalue weighted by Gasteiger charge is -2.12. The maximum atomic E-state index is 12.3. The third-order valence-corrected chi connectivity index (χ3v) is 3.96. The van der Waals surface area contributed by atoms with Gasteiger partial charge in [-0.2, -0.15) is 0 Å². The standard InChI is InChI=1S/C21H26N4O3/c1-13(2)23-21(28)24-17-10-6-9-16(11-17)20(27)22-12-18(26)25-19-14(3)7-5-8-15(19)4/h5-11,13H,12H2,1-4H3,(H,22,27)(H,25,26)(H2,23,24,28). The van der Waals surface area contributed by atoms with Crippen LogP contribution in [0.1, 0.15) is 35.3 Å². The molecule has 7 heteroatoms. The summed E-state index contributed by atoms with van der Waals surface area (Å²) in [4.78, 5) is 36.3. The van der Waals surface area contributed by atoms with E-state index in [4.69, 9.17) is 0 Å². The van der Waals surface area contributed by atoms with Gasteiger partial charge in [0.25, 0.3) is 5.91 Å². The number of para-hydroxylation sites is 1. The zero-order valence-corrected chi connectivity index (χ0v) is 16.6. The van der Waals surface area contributed by atoms with Gasteiger partial charge in [0.1, 0.15) is 0 Å². The first-order valence-corrected chi connectivity index (χ1v) is 9.08. The highest BCUT2D eigenvalue weighted by Crippen LogP contribution is 2.19. The van der Waals surface area contributed by atoms with E-state index in [1.54, 1.807) is 24.3 Å². The molecule has 4 amide bonds. The lowest BCUT2D eigenvalue weighted by atomic mass is 10.1. The minimum atomic E-state index is -0.399. The molecule has 7 nitrogen and oxygen atoms in total. The Morgan fingerprint density at radius 1 is 0.929 bits per heavy atom. The normalized spacial score (nSPS) is 10.3. The molecule has 0 bridgehead atoms. The van der Waals surface area contributed by atoms with Crippen molar-refractivity contribution in [2.75, 3.05) is 17.2 Å². The highest BCUT2D eigenvalue weighted by molar-refractivity contribution is 6.00. The Kier molecular flexibility index (Phi) is 7.14. The number of amides is 4. The van der Waals surface area contributed by atoms with Crippen LogP contribution in [0.15, 0.2) is 42.5 Å². The summed E-state index contributed by atoms with van der Waals surface area (Å²) in [6.45, 7) is 7.38. The quantitative estimate of drug-likeness (QED) is 0.617. The molecule has 0 aliphatic heterocycles. The molecule has 0 radical (unpaired) electrons. The van der Waals surface area contributed by atoms with Crippen LogP contribution in [0.2, 0.25) is 0 Å². The van der Waals surface area contributed by atoms with Gasteiger partial charge in [-0.3, -0.25) is 9.59 Å². The number of hydrogen-bond donors (Lipinski definition) is 4. The molecule has 2 aromatic rings. The average molecular weight is 382 g/mol. The summed E-state index contributed by atoms with van der Waals surface area (Å²) < 4.78 is 0. The monoisotopic (exact) mass is 382 g/mol. The summed E-state index contributed by atoms with van der Waals surface area (Å²) in [6.07, 6.45) is 0. The minimum absolute atomic E-state index is 0.00174. The van der Waals surface area contributed by atoms with Crippen LogP contribution in [-0.2, 0) is 4.79 Å². The number of carbonyl (C=O) groups excluding carboxylic acids is 3. The zero-order chi connectivity index (χ0) is 20.7. The van der Waals surface area contributed by atoms with Gasteiger partial charge in [0.05, 0.1) is 6.54 Å². The first kappa shape index (κ1) is 21.0. The summed E-state index contributed by atoms with van der Waals surface area (Å²) in [5.41, 5.74) is 3.51. The van der Waals surface area contributed by atoms with E-state index < -0.39 is 5.91 Å². The van der Waals surface area contributed by atoms with Gasteiger partial charge in [0.2, 0.25) is 5.91 Å². The molecule has 0 atom stereocenters. The van der Waals surface area contributed by atoms with Crippen molar-refractivity contribution >= 4 is 29.2 Å². The van der Waals surface area contributed by atoms with Gasteiger partial charge < -0.3 is 21.3 Å². The Bertz CT molecular complexity index is 857. The second-order valence-corrected chi connectivity index (χ2v) is 6.83. The maximum absolute atomic E-state index is 12.3. The fraction of sp³-hybridized carbons (Fsp3) is 0.286. The number of rotatable bonds is 6. The summed E-state index contributed by atoms with van der Waals surface area (Å²) >= 11 is 0. The number of anilines is 2. The van der Waals surface area contributed by atoms with Crippen molar-refractivity contribution in [3.05, 3.63) is 59.2 Å². The van der Waals surface area contributed by atoms with Crippen LogP contribution in [-0.4, -0.2) is 30.4 Å². The Hall–Kier alpha value is -3.35. The SMILES string of the molecule is Cc1cccc(C)c1NC(=O)CNC(=O)c1cccc(NC(=O)NC(C)C)c1. The molecule has 0 aromatic heterocycles. The molecule has 0 saturated heterocycles. The van der Waals surface area contributed by atoms with Crippen LogP contribution in [0.4, 0.5) is 16.2 Å². The summed E-state index contributed by atoms with van der Waals surface area (Å²) in [5.74, 6) is -0.707. The number of nitrogens with one attached hydrogen (secondary N) is 4. The van der Waals surface area contributed by atoms with Crippen LogP contribution < -0.4 is 21.3 Å². The number of hydrogen-bond acceptors (Lipinski definition) is 3. The molecule has 2 aromatic carbocycles. The fourth-order valence-electron chi connectivity index (χ4n) is 2.63. The van der Waals surface area contributed by atoms with Gasteiger partial charge in [-0.25, -0.2) is 4.79 Å². The molecule has 0 fully saturated rings. The van der Waals surface area contributed by atoms with Gasteiger partial charge in [0.15, 0.2) is 0 Å². The third-order valence-electron chi connectivity index (χ3n) is 3.96. The van der Waals surface area contributed by atoms with Crippen LogP contribution in [0.3, 0.4) is 0 Å². The van der Waals surface area contributed by atoms with E-state index in [0.29, 0.717) is 11.3 Å². The van der Waals surface area contributed by atoms with Crippen molar-refractivity contribution in [2.24, 2.45) is 0 Å². The molecule has 0 unspecified atom stereocenters. The maximum Gasteiger partial charge on any atom is 0.319 e. The van der Waals surface area contributed by atoms with Crippen LogP contribution in [0.25, 0.3) is 0 Å². The first-order valence-electron chi connectivity index (χ1n) is 9.08. The number of benzene rings is 2. The van der Waals surface area contributed by atoms with Gasteiger partial charge in [0, 0.05) is 23.0 Å². The van der Waals surface area contributed by atoms with Crippen LogP contribution in [0, 0.1) is 13.8 Å². The van der Waals surface area contributed by atoms with E-state index in [0.717, 1.165) is 16.8 Å². The second kappa shape index (κ2) is 9.55. The van der Waals surface area contributed by atoms with Crippen molar-refractivity contribution in [1.29, 1.82) is 0 Å². The molecular weight excluding hydrogens is 356 g/mol. The Balaban J connectivity index is 1.93. The Morgan fingerprint density at radius 3 is 2.21 bits per heavy atom. The first-order chi connectivity index (χ1) is 13.3. The van der Waals surface area contributed by atoms with E-state index in [2.05, 4.69) is 21.3 Å². The van der Waals surface area contributed by atoms with Crippen LogP contribution >= 0.6 is 0 Å². The number of aryl methyl sites for hydroxylation is 2. The predicted molar refractivity (Wildman–Crippen MR) is 111 cm³/mol. The number of carbonyl (C=O) groups is 3. The molecule has 0 spiro atoms. The summed E-state index contributed by atoms with van der Waals surface area (Å²) in [5, 5.41) is 10.8. The molecule has 4 N–H and O–H groups in total. The molecule has 148 valence electrons. The van der Waals surface area contributed by atoms with Crippen molar-refractivity contribution < 1.29 is 14.4 Å². The van der Waals surface area contributed by atoms with E-state index in [1.165, 1.54) is 0 Å². The minimum Gasteiger partial charge on any atom is -0.343 e. The van der Waals surface area contributed by atoms with Crippen LogP contribution in [0.5, 0.6) is 0 Å². The Morgan fingerprint density at radius 2 is 1.57 bits per heavy atom.